The van der Waals surface area contributed by atoms with E-state index in [-0.39, 0.29) is 16.7 Å². The molecule has 0 bridgehead atoms. The summed E-state index contributed by atoms with van der Waals surface area (Å²) in [6, 6.07) is 6.73. The van der Waals surface area contributed by atoms with Gasteiger partial charge in [-0.25, -0.2) is 4.68 Å². The van der Waals surface area contributed by atoms with Crippen molar-refractivity contribution in [3.05, 3.63) is 52.3 Å². The highest BCUT2D eigenvalue weighted by Gasteiger charge is 2.25. The Kier molecular flexibility index (Phi) is 4.33. The Labute approximate surface area is 132 Å². The lowest BCUT2D eigenvalue weighted by Crippen LogP contribution is -2.35. The summed E-state index contributed by atoms with van der Waals surface area (Å²) in [6.45, 7) is 1.33. The zero-order valence-corrected chi connectivity index (χ0v) is 13.1. The summed E-state index contributed by atoms with van der Waals surface area (Å²) >= 11 is 1.80. The van der Waals surface area contributed by atoms with E-state index in [9.17, 15) is 9.59 Å². The van der Waals surface area contributed by atoms with E-state index in [1.807, 2.05) is 12.1 Å². The van der Waals surface area contributed by atoms with Crippen molar-refractivity contribution >= 4 is 17.7 Å². The van der Waals surface area contributed by atoms with Crippen molar-refractivity contribution in [1.29, 1.82) is 0 Å². The molecule has 3 heterocycles. The number of thioether (sulfide) groups is 1. The van der Waals surface area contributed by atoms with Gasteiger partial charge in [0.2, 0.25) is 0 Å². The highest BCUT2D eigenvalue weighted by Crippen LogP contribution is 2.34. The maximum absolute atomic E-state index is 12.5. The van der Waals surface area contributed by atoms with Crippen molar-refractivity contribution in [1.82, 2.24) is 14.7 Å². The van der Waals surface area contributed by atoms with Crippen LogP contribution in [-0.4, -0.2) is 39.4 Å². The number of rotatable bonds is 2. The van der Waals surface area contributed by atoms with Crippen LogP contribution in [0.5, 0.6) is 0 Å². The molecule has 1 aliphatic heterocycles. The fourth-order valence-electron chi connectivity index (χ4n) is 2.45. The van der Waals surface area contributed by atoms with Gasteiger partial charge in [-0.3, -0.25) is 9.59 Å². The fraction of sp³-hybridized carbons (Fsp3) is 0.400. The number of hydrogen-bond acceptors (Lipinski definition) is 5. The van der Waals surface area contributed by atoms with Crippen LogP contribution in [0.2, 0.25) is 0 Å². The largest absolute Gasteiger partial charge is 0.468 e. The molecule has 3 rings (SSSR count). The number of carbonyl (C=O) groups is 1. The average molecular weight is 319 g/mol. The Balaban J connectivity index is 1.71. The molecule has 116 valence electrons. The van der Waals surface area contributed by atoms with Crippen LogP contribution < -0.4 is 5.56 Å². The van der Waals surface area contributed by atoms with E-state index < -0.39 is 0 Å². The zero-order chi connectivity index (χ0) is 15.5. The molecule has 1 unspecified atom stereocenters. The highest BCUT2D eigenvalue weighted by atomic mass is 32.2. The van der Waals surface area contributed by atoms with Crippen molar-refractivity contribution < 1.29 is 9.21 Å². The van der Waals surface area contributed by atoms with Crippen LogP contribution in [0.4, 0.5) is 0 Å². The van der Waals surface area contributed by atoms with Crippen molar-refractivity contribution in [2.45, 2.75) is 11.7 Å². The molecule has 1 fully saturated rings. The van der Waals surface area contributed by atoms with Gasteiger partial charge in [0.05, 0.1) is 11.5 Å². The third-order valence-electron chi connectivity index (χ3n) is 3.67. The SMILES string of the molecule is Cn1nc(C(=O)N2CCSC(c3ccco3)CC2)ccc1=O. The highest BCUT2D eigenvalue weighted by molar-refractivity contribution is 7.99. The second kappa shape index (κ2) is 6.39. The molecule has 0 N–H and O–H groups in total. The molecule has 1 atom stereocenters. The average Bonchev–Trinajstić information content (AvgIpc) is 2.94. The maximum Gasteiger partial charge on any atom is 0.274 e. The molecule has 0 aliphatic carbocycles. The number of hydrogen-bond donors (Lipinski definition) is 0. The molecular weight excluding hydrogens is 302 g/mol. The molecular formula is C15H17N3O3S. The zero-order valence-electron chi connectivity index (χ0n) is 12.3. The molecule has 0 radical (unpaired) electrons. The minimum Gasteiger partial charge on any atom is -0.468 e. The molecule has 1 amide bonds. The van der Waals surface area contributed by atoms with Gasteiger partial charge in [0.25, 0.3) is 11.5 Å². The van der Waals surface area contributed by atoms with E-state index >= 15 is 0 Å². The van der Waals surface area contributed by atoms with E-state index in [1.54, 1.807) is 30.0 Å². The minimum atomic E-state index is -0.221. The van der Waals surface area contributed by atoms with Gasteiger partial charge in [0.1, 0.15) is 11.5 Å². The van der Waals surface area contributed by atoms with Gasteiger partial charge in [-0.15, -0.1) is 11.8 Å². The van der Waals surface area contributed by atoms with Gasteiger partial charge in [-0.1, -0.05) is 0 Å². The third kappa shape index (κ3) is 3.09. The van der Waals surface area contributed by atoms with Gasteiger partial charge in [0, 0.05) is 32.0 Å². The Morgan fingerprint density at radius 3 is 2.95 bits per heavy atom. The Hall–Kier alpha value is -2.02. The first-order valence-electron chi connectivity index (χ1n) is 7.14. The van der Waals surface area contributed by atoms with Crippen LogP contribution in [0, 0.1) is 0 Å². The normalized spacial score (nSPS) is 19.0. The van der Waals surface area contributed by atoms with Crippen LogP contribution in [0.3, 0.4) is 0 Å². The monoisotopic (exact) mass is 319 g/mol. The van der Waals surface area contributed by atoms with Gasteiger partial charge in [-0.05, 0) is 24.6 Å². The summed E-state index contributed by atoms with van der Waals surface area (Å²) in [5.41, 5.74) is 0.0874. The quantitative estimate of drug-likeness (QED) is 0.842. The molecule has 2 aromatic rings. The Morgan fingerprint density at radius 1 is 1.36 bits per heavy atom. The Morgan fingerprint density at radius 2 is 2.23 bits per heavy atom. The first-order valence-corrected chi connectivity index (χ1v) is 8.18. The predicted octanol–water partition coefficient (Wildman–Crippen LogP) is 1.69. The number of aromatic nitrogens is 2. The standard InChI is InChI=1S/C15H17N3O3S/c1-17-14(19)5-4-11(16-17)15(20)18-7-6-13(22-10-8-18)12-3-2-9-21-12/h2-5,9,13H,6-8,10H2,1H3. The van der Waals surface area contributed by atoms with E-state index in [1.165, 1.54) is 16.8 Å². The summed E-state index contributed by atoms with van der Waals surface area (Å²) in [5.74, 6) is 1.68. The van der Waals surface area contributed by atoms with Gasteiger partial charge in [0.15, 0.2) is 0 Å². The fourth-order valence-corrected chi connectivity index (χ4v) is 3.63. The first kappa shape index (κ1) is 14.9. The molecule has 0 saturated carbocycles. The van der Waals surface area contributed by atoms with E-state index in [4.69, 9.17) is 4.42 Å². The summed E-state index contributed by atoms with van der Waals surface area (Å²) in [5, 5.41) is 4.31. The van der Waals surface area contributed by atoms with Crippen molar-refractivity contribution in [3.8, 4) is 0 Å². The lowest BCUT2D eigenvalue weighted by molar-refractivity contribution is 0.0757. The van der Waals surface area contributed by atoms with Gasteiger partial charge in [-0.2, -0.15) is 5.10 Å². The molecule has 1 saturated heterocycles. The van der Waals surface area contributed by atoms with Gasteiger partial charge < -0.3 is 9.32 Å². The second-order valence-corrected chi connectivity index (χ2v) is 6.45. The second-order valence-electron chi connectivity index (χ2n) is 5.14. The lowest BCUT2D eigenvalue weighted by atomic mass is 10.2. The number of nitrogens with zero attached hydrogens (tertiary/aromatic N) is 3. The summed E-state index contributed by atoms with van der Waals surface area (Å²) in [7, 11) is 1.55. The van der Waals surface area contributed by atoms with Crippen molar-refractivity contribution in [2.75, 3.05) is 18.8 Å². The minimum absolute atomic E-state index is 0.128. The van der Waals surface area contributed by atoms with Gasteiger partial charge >= 0.3 is 0 Å². The number of furan rings is 1. The van der Waals surface area contributed by atoms with Crippen molar-refractivity contribution in [3.63, 3.8) is 0 Å². The lowest BCUT2D eigenvalue weighted by Gasteiger charge is -2.19. The Bertz CT molecular complexity index is 711. The third-order valence-corrected chi connectivity index (χ3v) is 4.96. The molecule has 22 heavy (non-hydrogen) atoms. The van der Waals surface area contributed by atoms with Crippen molar-refractivity contribution in [2.24, 2.45) is 7.05 Å². The van der Waals surface area contributed by atoms with Crippen LogP contribution in [-0.2, 0) is 7.05 Å². The van der Waals surface area contributed by atoms with Crippen LogP contribution in [0.15, 0.2) is 39.7 Å². The number of carbonyl (C=O) groups excluding carboxylic acids is 1. The summed E-state index contributed by atoms with van der Waals surface area (Å²) < 4.78 is 6.65. The molecule has 7 heteroatoms. The summed E-state index contributed by atoms with van der Waals surface area (Å²) in [6.07, 6.45) is 2.52. The van der Waals surface area contributed by atoms with E-state index in [0.717, 1.165) is 17.9 Å². The summed E-state index contributed by atoms with van der Waals surface area (Å²) in [4.78, 5) is 25.7. The van der Waals surface area contributed by atoms with Crippen LogP contribution >= 0.6 is 11.8 Å². The molecule has 1 aliphatic rings. The molecule has 0 aromatic carbocycles. The van der Waals surface area contributed by atoms with E-state index in [2.05, 4.69) is 5.10 Å². The van der Waals surface area contributed by atoms with Crippen LogP contribution in [0.1, 0.15) is 27.9 Å². The maximum atomic E-state index is 12.5. The molecule has 0 spiro atoms. The predicted molar refractivity (Wildman–Crippen MR) is 83.9 cm³/mol. The van der Waals surface area contributed by atoms with Crippen LogP contribution in [0.25, 0.3) is 0 Å². The first-order chi connectivity index (χ1) is 10.6. The number of aryl methyl sites for hydroxylation is 1. The number of amides is 1. The van der Waals surface area contributed by atoms with E-state index in [0.29, 0.717) is 18.8 Å². The topological polar surface area (TPSA) is 68.3 Å². The molecule has 6 nitrogen and oxygen atoms in total. The molecule has 2 aromatic heterocycles. The smallest absolute Gasteiger partial charge is 0.274 e.